The van der Waals surface area contributed by atoms with E-state index in [9.17, 15) is 9.67 Å². The highest BCUT2D eigenvalue weighted by Crippen LogP contribution is 2.57. The van der Waals surface area contributed by atoms with Crippen LogP contribution >= 0.6 is 7.60 Å². The van der Waals surface area contributed by atoms with Crippen LogP contribution in [0.1, 0.15) is 34.1 Å². The van der Waals surface area contributed by atoms with Gasteiger partial charge in [-0.15, -0.1) is 0 Å². The summed E-state index contributed by atoms with van der Waals surface area (Å²) < 4.78 is 27.6. The maximum absolute atomic E-state index is 12.1. The van der Waals surface area contributed by atoms with Gasteiger partial charge in [-0.2, -0.15) is 0 Å². The van der Waals surface area contributed by atoms with Gasteiger partial charge in [0.1, 0.15) is 0 Å². The van der Waals surface area contributed by atoms with Crippen LogP contribution in [0.2, 0.25) is 18.1 Å². The van der Waals surface area contributed by atoms with E-state index in [1.165, 1.54) is 21.1 Å². The third-order valence-electron chi connectivity index (χ3n) is 3.84. The fourth-order valence-corrected chi connectivity index (χ4v) is 3.42. The predicted octanol–water partition coefficient (Wildman–Crippen LogP) is 3.60. The molecule has 0 unspecified atom stereocenters. The first kappa shape index (κ1) is 20.8. The molecule has 124 valence electrons. The van der Waals surface area contributed by atoms with Crippen molar-refractivity contribution in [3.8, 4) is 11.8 Å². The molecule has 0 radical (unpaired) electrons. The summed E-state index contributed by atoms with van der Waals surface area (Å²) in [6.45, 7) is 12.7. The molecule has 7 heteroatoms. The fraction of sp³-hybridized carbons (Fsp3) is 0.857. The average molecular weight is 336 g/mol. The largest absolute Gasteiger partial charge is 0.416 e. The van der Waals surface area contributed by atoms with Crippen LogP contribution in [0.3, 0.4) is 0 Å². The van der Waals surface area contributed by atoms with Crippen molar-refractivity contribution in [2.75, 3.05) is 20.8 Å². The second-order valence-electron chi connectivity index (χ2n) is 6.54. The molecule has 0 bridgehead atoms. The molecule has 1 N–H and O–H groups in total. The van der Waals surface area contributed by atoms with E-state index in [1.807, 2.05) is 0 Å². The molecule has 5 nitrogen and oxygen atoms in total. The molecule has 1 atom stereocenters. The molecule has 0 fully saturated rings. The third-order valence-corrected chi connectivity index (χ3v) is 10.5. The molecule has 21 heavy (non-hydrogen) atoms. The maximum Gasteiger partial charge on any atom is 0.373 e. The van der Waals surface area contributed by atoms with E-state index >= 15 is 0 Å². The van der Waals surface area contributed by atoms with Crippen molar-refractivity contribution in [3.63, 3.8) is 0 Å². The molecule has 0 rings (SSSR count). The fourth-order valence-electron chi connectivity index (χ4n) is 1.30. The predicted molar refractivity (Wildman–Crippen MR) is 87.8 cm³/mol. The standard InChI is InChI=1S/C14H29O5PSi/c1-13(2,3)21(7,8)19-12-10-9-11-14(4,15)20(16,17-5)18-6/h15H,10,12H2,1-8H3/t14-/m1/s1. The van der Waals surface area contributed by atoms with Crippen LogP contribution in [0.5, 0.6) is 0 Å². The molecule has 0 spiro atoms. The number of hydrogen-bond donors (Lipinski definition) is 1. The van der Waals surface area contributed by atoms with Gasteiger partial charge in [-0.1, -0.05) is 32.6 Å². The van der Waals surface area contributed by atoms with Gasteiger partial charge in [0.05, 0.1) is 0 Å². The van der Waals surface area contributed by atoms with Crippen molar-refractivity contribution < 1.29 is 23.1 Å². The number of rotatable bonds is 6. The number of aliphatic hydroxyl groups is 1. The SMILES string of the molecule is COP(=O)(OC)[C@@](C)(O)C#CCCO[Si](C)(C)C(C)(C)C. The summed E-state index contributed by atoms with van der Waals surface area (Å²) in [7, 11) is -2.98. The minimum Gasteiger partial charge on any atom is -0.416 e. The van der Waals surface area contributed by atoms with Crippen LogP contribution in [-0.4, -0.2) is 39.6 Å². The topological polar surface area (TPSA) is 65.0 Å². The molecule has 0 heterocycles. The van der Waals surface area contributed by atoms with Gasteiger partial charge in [0, 0.05) is 27.2 Å². The van der Waals surface area contributed by atoms with E-state index in [2.05, 4.69) is 45.7 Å². The molecule has 0 saturated carbocycles. The summed E-state index contributed by atoms with van der Waals surface area (Å²) in [5, 5.41) is 8.42. The zero-order valence-corrected chi connectivity index (χ0v) is 16.3. The van der Waals surface area contributed by atoms with Crippen LogP contribution in [0.15, 0.2) is 0 Å². The van der Waals surface area contributed by atoms with Crippen LogP contribution in [0, 0.1) is 11.8 Å². The minimum atomic E-state index is -3.64. The molecule has 0 aromatic heterocycles. The Morgan fingerprint density at radius 3 is 2.00 bits per heavy atom. The van der Waals surface area contributed by atoms with Crippen molar-refractivity contribution >= 4 is 15.9 Å². The van der Waals surface area contributed by atoms with Gasteiger partial charge in [-0.3, -0.25) is 4.57 Å². The first-order chi connectivity index (χ1) is 9.33. The summed E-state index contributed by atoms with van der Waals surface area (Å²) in [4.78, 5) is 0. The van der Waals surface area contributed by atoms with E-state index in [-0.39, 0.29) is 5.04 Å². The summed E-state index contributed by atoms with van der Waals surface area (Å²) >= 11 is 0. The van der Waals surface area contributed by atoms with Crippen molar-refractivity contribution in [1.29, 1.82) is 0 Å². The Morgan fingerprint density at radius 1 is 1.14 bits per heavy atom. The highest BCUT2D eigenvalue weighted by atomic mass is 31.2. The van der Waals surface area contributed by atoms with E-state index in [0.717, 1.165) is 0 Å². The van der Waals surface area contributed by atoms with Crippen LogP contribution in [0.4, 0.5) is 0 Å². The summed E-state index contributed by atoms with van der Waals surface area (Å²) in [5.41, 5.74) is 0. The van der Waals surface area contributed by atoms with Crippen molar-refractivity contribution in [3.05, 3.63) is 0 Å². The van der Waals surface area contributed by atoms with Crippen LogP contribution in [-0.2, 0) is 18.0 Å². The second kappa shape index (κ2) is 7.41. The van der Waals surface area contributed by atoms with Gasteiger partial charge in [0.15, 0.2) is 8.32 Å². The third kappa shape index (κ3) is 5.52. The Labute approximate surface area is 130 Å². The normalized spacial score (nSPS) is 16.0. The van der Waals surface area contributed by atoms with Gasteiger partial charge in [0.25, 0.3) is 0 Å². The molecular weight excluding hydrogens is 307 g/mol. The average Bonchev–Trinajstić information content (AvgIpc) is 2.35. The highest BCUT2D eigenvalue weighted by Gasteiger charge is 2.43. The zero-order valence-electron chi connectivity index (χ0n) is 14.4. The number of hydrogen-bond acceptors (Lipinski definition) is 5. The van der Waals surface area contributed by atoms with Crippen molar-refractivity contribution in [1.82, 2.24) is 0 Å². The maximum atomic E-state index is 12.1. The van der Waals surface area contributed by atoms with Gasteiger partial charge in [-0.05, 0) is 25.1 Å². The Bertz CT molecular complexity index is 435. The molecule has 0 aliphatic carbocycles. The van der Waals surface area contributed by atoms with E-state index in [1.54, 1.807) is 0 Å². The molecule has 0 saturated heterocycles. The first-order valence-corrected chi connectivity index (χ1v) is 11.4. The lowest BCUT2D eigenvalue weighted by Crippen LogP contribution is -2.40. The Hall–Kier alpha value is -0.153. The van der Waals surface area contributed by atoms with Gasteiger partial charge < -0.3 is 18.6 Å². The molecular formula is C14H29O5PSi. The molecule has 0 aromatic rings. The monoisotopic (exact) mass is 336 g/mol. The van der Waals surface area contributed by atoms with Gasteiger partial charge in [0.2, 0.25) is 5.34 Å². The molecule has 0 aliphatic rings. The van der Waals surface area contributed by atoms with E-state index < -0.39 is 21.3 Å². The minimum absolute atomic E-state index is 0.147. The molecule has 0 aliphatic heterocycles. The summed E-state index contributed by atoms with van der Waals surface area (Å²) in [5.74, 6) is 5.34. The molecule has 0 aromatic carbocycles. The summed E-state index contributed by atoms with van der Waals surface area (Å²) in [6, 6.07) is 0. The van der Waals surface area contributed by atoms with Gasteiger partial charge >= 0.3 is 7.60 Å². The highest BCUT2D eigenvalue weighted by molar-refractivity contribution is 7.55. The lowest BCUT2D eigenvalue weighted by molar-refractivity contribution is 0.140. The van der Waals surface area contributed by atoms with Gasteiger partial charge in [-0.25, -0.2) is 0 Å². The first-order valence-electron chi connectivity index (χ1n) is 6.91. The lowest BCUT2D eigenvalue weighted by Gasteiger charge is -2.35. The second-order valence-corrected chi connectivity index (χ2v) is 13.9. The smallest absolute Gasteiger partial charge is 0.373 e. The van der Waals surface area contributed by atoms with Crippen LogP contribution < -0.4 is 0 Å². The Kier molecular flexibility index (Phi) is 7.35. The zero-order chi connectivity index (χ0) is 16.9. The quantitative estimate of drug-likeness (QED) is 0.347. The van der Waals surface area contributed by atoms with Crippen LogP contribution in [0.25, 0.3) is 0 Å². The molecule has 0 amide bonds. The van der Waals surface area contributed by atoms with Crippen molar-refractivity contribution in [2.45, 2.75) is 57.6 Å². The van der Waals surface area contributed by atoms with E-state index in [0.29, 0.717) is 13.0 Å². The Morgan fingerprint density at radius 2 is 1.62 bits per heavy atom. The summed E-state index contributed by atoms with van der Waals surface area (Å²) in [6.07, 6.45) is 0.454. The lowest BCUT2D eigenvalue weighted by atomic mass is 10.2. The van der Waals surface area contributed by atoms with E-state index in [4.69, 9.17) is 13.5 Å². The van der Waals surface area contributed by atoms with Crippen molar-refractivity contribution in [2.24, 2.45) is 0 Å². The Balaban J connectivity index is 4.61.